The summed E-state index contributed by atoms with van der Waals surface area (Å²) in [5.41, 5.74) is 0.0421. The fourth-order valence-corrected chi connectivity index (χ4v) is 1.56. The van der Waals surface area contributed by atoms with Gasteiger partial charge in [0.1, 0.15) is 11.6 Å². The number of rotatable bonds is 3. The number of nitrogens with zero attached hydrogens (tertiary/aromatic N) is 2. The molecule has 0 aliphatic rings. The maximum Gasteiger partial charge on any atom is 0.150 e. The van der Waals surface area contributed by atoms with Gasteiger partial charge in [0.25, 0.3) is 0 Å². The van der Waals surface area contributed by atoms with Crippen LogP contribution in [0, 0.1) is 11.6 Å². The zero-order chi connectivity index (χ0) is 12.3. The Labute approximate surface area is 101 Å². The molecule has 1 aromatic carbocycles. The molecule has 0 atom stereocenters. The fourth-order valence-electron chi connectivity index (χ4n) is 1.30. The lowest BCUT2D eigenvalue weighted by molar-refractivity contribution is 0.585. The summed E-state index contributed by atoms with van der Waals surface area (Å²) in [5, 5.41) is 2.71. The van der Waals surface area contributed by atoms with Crippen molar-refractivity contribution in [2.24, 2.45) is 0 Å². The first-order chi connectivity index (χ1) is 8.16. The van der Waals surface area contributed by atoms with Gasteiger partial charge in [0.05, 0.1) is 17.3 Å². The molecule has 0 amide bonds. The van der Waals surface area contributed by atoms with Crippen LogP contribution in [-0.2, 0) is 6.54 Å². The van der Waals surface area contributed by atoms with Gasteiger partial charge in [0.2, 0.25) is 0 Å². The minimum atomic E-state index is -0.745. The molecule has 0 radical (unpaired) electrons. The average molecular weight is 256 g/mol. The van der Waals surface area contributed by atoms with Crippen LogP contribution in [0.1, 0.15) is 5.82 Å². The van der Waals surface area contributed by atoms with E-state index in [1.165, 1.54) is 0 Å². The summed E-state index contributed by atoms with van der Waals surface area (Å²) in [6.45, 7) is 0.211. The Morgan fingerprint density at radius 2 is 1.88 bits per heavy atom. The molecule has 0 unspecified atom stereocenters. The van der Waals surface area contributed by atoms with Gasteiger partial charge in [-0.05, 0) is 12.1 Å². The molecule has 88 valence electrons. The standard InChI is InChI=1S/C11H8ClF2N3/c12-8-4-7(13)5-9(14)11(8)17-6-10-15-2-1-3-16-10/h1-5,17H,6H2. The minimum absolute atomic E-state index is 0.0153. The zero-order valence-electron chi connectivity index (χ0n) is 8.62. The molecule has 0 fully saturated rings. The minimum Gasteiger partial charge on any atom is -0.374 e. The summed E-state index contributed by atoms with van der Waals surface area (Å²) >= 11 is 5.72. The largest absolute Gasteiger partial charge is 0.374 e. The Morgan fingerprint density at radius 1 is 1.18 bits per heavy atom. The maximum atomic E-state index is 13.4. The predicted octanol–water partition coefficient (Wildman–Crippen LogP) is 3.02. The van der Waals surface area contributed by atoms with E-state index in [-0.39, 0.29) is 17.3 Å². The Bertz CT molecular complexity index is 496. The number of hydrogen-bond donors (Lipinski definition) is 1. The first kappa shape index (κ1) is 11.7. The van der Waals surface area contributed by atoms with E-state index in [0.717, 1.165) is 12.1 Å². The smallest absolute Gasteiger partial charge is 0.150 e. The molecule has 3 nitrogen and oxygen atoms in total. The van der Waals surface area contributed by atoms with Crippen LogP contribution >= 0.6 is 11.6 Å². The van der Waals surface area contributed by atoms with E-state index in [1.807, 2.05) is 0 Å². The lowest BCUT2D eigenvalue weighted by Crippen LogP contribution is -2.05. The Balaban J connectivity index is 2.15. The molecule has 0 saturated heterocycles. The highest BCUT2D eigenvalue weighted by Crippen LogP contribution is 2.26. The number of aromatic nitrogens is 2. The molecule has 2 aromatic rings. The van der Waals surface area contributed by atoms with Crippen molar-refractivity contribution in [1.29, 1.82) is 0 Å². The van der Waals surface area contributed by atoms with Gasteiger partial charge in [0, 0.05) is 18.5 Å². The van der Waals surface area contributed by atoms with Crippen molar-refractivity contribution >= 4 is 17.3 Å². The van der Waals surface area contributed by atoms with E-state index in [4.69, 9.17) is 11.6 Å². The lowest BCUT2D eigenvalue weighted by Gasteiger charge is -2.08. The number of hydrogen-bond acceptors (Lipinski definition) is 3. The molecule has 1 N–H and O–H groups in total. The molecule has 1 aromatic heterocycles. The van der Waals surface area contributed by atoms with E-state index in [2.05, 4.69) is 15.3 Å². The molecule has 0 aliphatic heterocycles. The molecule has 0 saturated carbocycles. The quantitative estimate of drug-likeness (QED) is 0.916. The molecule has 17 heavy (non-hydrogen) atoms. The first-order valence-electron chi connectivity index (χ1n) is 4.81. The second-order valence-corrected chi connectivity index (χ2v) is 3.67. The Kier molecular flexibility index (Phi) is 3.49. The summed E-state index contributed by atoms with van der Waals surface area (Å²) < 4.78 is 26.2. The van der Waals surface area contributed by atoms with E-state index in [0.29, 0.717) is 5.82 Å². The van der Waals surface area contributed by atoms with Gasteiger partial charge in [-0.2, -0.15) is 0 Å². The van der Waals surface area contributed by atoms with Gasteiger partial charge < -0.3 is 5.32 Å². The SMILES string of the molecule is Fc1cc(F)c(NCc2ncccn2)c(Cl)c1. The summed E-state index contributed by atoms with van der Waals surface area (Å²) in [6.07, 6.45) is 3.15. The third-order valence-electron chi connectivity index (χ3n) is 2.05. The molecule has 1 heterocycles. The van der Waals surface area contributed by atoms with Crippen molar-refractivity contribution in [2.75, 3.05) is 5.32 Å². The van der Waals surface area contributed by atoms with Crippen LogP contribution in [0.15, 0.2) is 30.6 Å². The van der Waals surface area contributed by atoms with Crippen molar-refractivity contribution in [3.63, 3.8) is 0 Å². The molecule has 0 bridgehead atoms. The molecule has 0 aliphatic carbocycles. The molecule has 6 heteroatoms. The molecule has 0 spiro atoms. The zero-order valence-corrected chi connectivity index (χ0v) is 9.38. The maximum absolute atomic E-state index is 13.4. The normalized spacial score (nSPS) is 10.3. The van der Waals surface area contributed by atoms with Gasteiger partial charge in [-0.15, -0.1) is 0 Å². The monoisotopic (exact) mass is 255 g/mol. The fraction of sp³-hybridized carbons (Fsp3) is 0.0909. The number of halogens is 3. The number of nitrogens with one attached hydrogen (secondary N) is 1. The van der Waals surface area contributed by atoms with Crippen LogP contribution in [-0.4, -0.2) is 9.97 Å². The van der Waals surface area contributed by atoms with E-state index in [1.54, 1.807) is 18.5 Å². The van der Waals surface area contributed by atoms with Crippen LogP contribution in [0.4, 0.5) is 14.5 Å². The molecular weight excluding hydrogens is 248 g/mol. The third kappa shape index (κ3) is 2.88. The number of anilines is 1. The number of benzene rings is 1. The second-order valence-electron chi connectivity index (χ2n) is 3.26. The average Bonchev–Trinajstić information content (AvgIpc) is 2.29. The molecule has 2 rings (SSSR count). The van der Waals surface area contributed by atoms with Crippen molar-refractivity contribution in [1.82, 2.24) is 9.97 Å². The van der Waals surface area contributed by atoms with Crippen molar-refractivity contribution in [2.45, 2.75) is 6.54 Å². The lowest BCUT2D eigenvalue weighted by atomic mass is 10.3. The van der Waals surface area contributed by atoms with E-state index in [9.17, 15) is 8.78 Å². The van der Waals surface area contributed by atoms with Crippen molar-refractivity contribution in [3.8, 4) is 0 Å². The summed E-state index contributed by atoms with van der Waals surface area (Å²) in [7, 11) is 0. The Hall–Kier alpha value is -1.75. The van der Waals surface area contributed by atoms with Crippen molar-refractivity contribution in [3.05, 3.63) is 53.1 Å². The second kappa shape index (κ2) is 5.05. The first-order valence-corrected chi connectivity index (χ1v) is 5.19. The predicted molar refractivity (Wildman–Crippen MR) is 60.7 cm³/mol. The third-order valence-corrected chi connectivity index (χ3v) is 2.35. The highest BCUT2D eigenvalue weighted by Gasteiger charge is 2.09. The van der Waals surface area contributed by atoms with Gasteiger partial charge in [-0.1, -0.05) is 11.6 Å². The summed E-state index contributed by atoms with van der Waals surface area (Å²) in [6, 6.07) is 3.48. The van der Waals surface area contributed by atoms with Gasteiger partial charge in [-0.25, -0.2) is 18.7 Å². The van der Waals surface area contributed by atoms with Crippen LogP contribution in [0.3, 0.4) is 0 Å². The van der Waals surface area contributed by atoms with Crippen LogP contribution in [0.25, 0.3) is 0 Å². The summed E-state index contributed by atoms with van der Waals surface area (Å²) in [5.74, 6) is -0.966. The van der Waals surface area contributed by atoms with Crippen molar-refractivity contribution < 1.29 is 8.78 Å². The Morgan fingerprint density at radius 3 is 2.53 bits per heavy atom. The van der Waals surface area contributed by atoms with Crippen LogP contribution in [0.2, 0.25) is 5.02 Å². The summed E-state index contributed by atoms with van der Waals surface area (Å²) in [4.78, 5) is 7.91. The van der Waals surface area contributed by atoms with Gasteiger partial charge >= 0.3 is 0 Å². The van der Waals surface area contributed by atoms with Gasteiger partial charge in [-0.3, -0.25) is 0 Å². The van der Waals surface area contributed by atoms with Crippen LogP contribution < -0.4 is 5.32 Å². The van der Waals surface area contributed by atoms with Crippen LogP contribution in [0.5, 0.6) is 0 Å². The molecular formula is C11H8ClF2N3. The van der Waals surface area contributed by atoms with E-state index < -0.39 is 11.6 Å². The van der Waals surface area contributed by atoms with E-state index >= 15 is 0 Å². The topological polar surface area (TPSA) is 37.8 Å². The highest BCUT2D eigenvalue weighted by molar-refractivity contribution is 6.33. The highest BCUT2D eigenvalue weighted by atomic mass is 35.5. The van der Waals surface area contributed by atoms with Gasteiger partial charge in [0.15, 0.2) is 5.82 Å².